The molecule has 2 amide bonds. The number of ether oxygens (including phenoxy) is 3. The van der Waals surface area contributed by atoms with E-state index in [1.54, 1.807) is 7.11 Å². The van der Waals surface area contributed by atoms with Crippen molar-refractivity contribution in [3.63, 3.8) is 0 Å². The van der Waals surface area contributed by atoms with Crippen LogP contribution >= 0.6 is 0 Å². The number of hydrogen-bond acceptors (Lipinski definition) is 5. The summed E-state index contributed by atoms with van der Waals surface area (Å²) in [6.07, 6.45) is 7.46. The molecule has 0 bridgehead atoms. The van der Waals surface area contributed by atoms with Gasteiger partial charge in [-0.3, -0.25) is 9.59 Å². The summed E-state index contributed by atoms with van der Waals surface area (Å²) in [4.78, 5) is 29.6. The van der Waals surface area contributed by atoms with Crippen LogP contribution in [0.4, 0.5) is 0 Å². The molecule has 2 aliphatic heterocycles. The highest BCUT2D eigenvalue weighted by Crippen LogP contribution is 2.49. The van der Waals surface area contributed by atoms with Gasteiger partial charge in [-0.25, -0.2) is 0 Å². The van der Waals surface area contributed by atoms with E-state index in [0.29, 0.717) is 44.4 Å². The fraction of sp³-hybridized carbons (Fsp3) is 0.680. The van der Waals surface area contributed by atoms with Crippen molar-refractivity contribution in [1.29, 1.82) is 0 Å². The van der Waals surface area contributed by atoms with Gasteiger partial charge < -0.3 is 24.0 Å². The summed E-state index contributed by atoms with van der Waals surface area (Å²) >= 11 is 0. The molecule has 3 aliphatic rings. The lowest BCUT2D eigenvalue weighted by atomic mass is 9.66. The third-order valence-corrected chi connectivity index (χ3v) is 7.51. The Hall–Kier alpha value is -2.28. The van der Waals surface area contributed by atoms with E-state index >= 15 is 0 Å². The molecule has 0 radical (unpaired) electrons. The molecule has 1 saturated carbocycles. The van der Waals surface area contributed by atoms with Crippen molar-refractivity contribution < 1.29 is 23.8 Å². The molecule has 7 nitrogen and oxygen atoms in total. The molecular formula is C25H36N2O5. The number of rotatable bonds is 7. The van der Waals surface area contributed by atoms with Crippen molar-refractivity contribution in [3.05, 3.63) is 24.3 Å². The van der Waals surface area contributed by atoms with Gasteiger partial charge in [0, 0.05) is 32.6 Å². The second-order valence-electron chi connectivity index (χ2n) is 9.39. The highest BCUT2D eigenvalue weighted by molar-refractivity contribution is 5.78. The molecule has 1 aromatic rings. The van der Waals surface area contributed by atoms with Crippen LogP contribution in [-0.4, -0.2) is 74.7 Å². The van der Waals surface area contributed by atoms with Crippen molar-refractivity contribution in [2.45, 2.75) is 44.9 Å². The molecule has 1 aliphatic carbocycles. The van der Waals surface area contributed by atoms with Crippen molar-refractivity contribution in [3.8, 4) is 11.5 Å². The molecule has 2 saturated heterocycles. The summed E-state index contributed by atoms with van der Waals surface area (Å²) in [7, 11) is 1.62. The Balaban J connectivity index is 1.33. The number of methoxy groups -OCH3 is 1. The molecule has 1 spiro atoms. The molecule has 32 heavy (non-hydrogen) atoms. The zero-order valence-electron chi connectivity index (χ0n) is 19.2. The summed E-state index contributed by atoms with van der Waals surface area (Å²) in [5.74, 6) is 2.08. The van der Waals surface area contributed by atoms with Crippen molar-refractivity contribution in [1.82, 2.24) is 9.80 Å². The topological polar surface area (TPSA) is 68.3 Å². The minimum Gasteiger partial charge on any atom is -0.497 e. The third kappa shape index (κ3) is 5.37. The van der Waals surface area contributed by atoms with Crippen LogP contribution in [0.15, 0.2) is 24.3 Å². The number of amides is 2. The quantitative estimate of drug-likeness (QED) is 0.646. The van der Waals surface area contributed by atoms with Crippen molar-refractivity contribution in [2.24, 2.45) is 11.3 Å². The van der Waals surface area contributed by atoms with Gasteiger partial charge in [-0.15, -0.1) is 0 Å². The molecule has 176 valence electrons. The molecular weight excluding hydrogens is 408 g/mol. The number of hydrogen-bond donors (Lipinski definition) is 0. The Bertz CT molecular complexity index is 769. The lowest BCUT2D eigenvalue weighted by molar-refractivity contribution is -0.135. The fourth-order valence-corrected chi connectivity index (χ4v) is 5.62. The minimum absolute atomic E-state index is 0.0350. The lowest BCUT2D eigenvalue weighted by Gasteiger charge is -2.38. The molecule has 3 fully saturated rings. The standard InChI is InChI=1S/C25H36N2O5/c1-30-21-6-8-22(9-7-21)32-18-24(29)27-17-20(25(19-27)11-3-2-4-12-25)5-10-23(28)26-13-15-31-16-14-26/h6-9,20H,2-5,10-19H2,1H3. The fourth-order valence-electron chi connectivity index (χ4n) is 5.62. The Kier molecular flexibility index (Phi) is 7.55. The third-order valence-electron chi connectivity index (χ3n) is 7.51. The first-order chi connectivity index (χ1) is 15.6. The van der Waals surface area contributed by atoms with Crippen LogP contribution in [0.5, 0.6) is 11.5 Å². The largest absolute Gasteiger partial charge is 0.497 e. The van der Waals surface area contributed by atoms with Gasteiger partial charge in [0.1, 0.15) is 11.5 Å². The second-order valence-corrected chi connectivity index (χ2v) is 9.39. The van der Waals surface area contributed by atoms with Crippen LogP contribution < -0.4 is 9.47 Å². The number of likely N-dealkylation sites (tertiary alicyclic amines) is 1. The van der Waals surface area contributed by atoms with E-state index in [-0.39, 0.29) is 23.8 Å². The van der Waals surface area contributed by atoms with Crippen molar-refractivity contribution in [2.75, 3.05) is 53.1 Å². The van der Waals surface area contributed by atoms with Gasteiger partial charge in [0.2, 0.25) is 5.91 Å². The van der Waals surface area contributed by atoms with E-state index in [2.05, 4.69) is 0 Å². The van der Waals surface area contributed by atoms with Gasteiger partial charge >= 0.3 is 0 Å². The SMILES string of the molecule is COc1ccc(OCC(=O)N2CC(CCC(=O)N3CCOCC3)C3(CCCCC3)C2)cc1. The van der Waals surface area contributed by atoms with Crippen LogP contribution in [0.2, 0.25) is 0 Å². The molecule has 0 aromatic heterocycles. The van der Waals surface area contributed by atoms with Crippen LogP contribution in [0, 0.1) is 11.3 Å². The van der Waals surface area contributed by atoms with Gasteiger partial charge in [0.25, 0.3) is 5.91 Å². The highest BCUT2D eigenvalue weighted by Gasteiger charge is 2.47. The molecule has 1 atom stereocenters. The number of morpholine rings is 1. The van der Waals surface area contributed by atoms with E-state index in [1.165, 1.54) is 19.3 Å². The second kappa shape index (κ2) is 10.6. The van der Waals surface area contributed by atoms with Gasteiger partial charge in [0.15, 0.2) is 6.61 Å². The van der Waals surface area contributed by atoms with Gasteiger partial charge in [-0.1, -0.05) is 19.3 Å². The maximum absolute atomic E-state index is 13.0. The van der Waals surface area contributed by atoms with E-state index in [4.69, 9.17) is 14.2 Å². The van der Waals surface area contributed by atoms with E-state index in [9.17, 15) is 9.59 Å². The van der Waals surface area contributed by atoms with Crippen molar-refractivity contribution >= 4 is 11.8 Å². The molecule has 7 heteroatoms. The molecule has 2 heterocycles. The highest BCUT2D eigenvalue weighted by atomic mass is 16.5. The van der Waals surface area contributed by atoms with Crippen LogP contribution in [0.25, 0.3) is 0 Å². The van der Waals surface area contributed by atoms with E-state index in [0.717, 1.165) is 38.1 Å². The lowest BCUT2D eigenvalue weighted by Crippen LogP contribution is -2.41. The Morgan fingerprint density at radius 2 is 1.69 bits per heavy atom. The van der Waals surface area contributed by atoms with Crippen LogP contribution in [0.1, 0.15) is 44.9 Å². The molecule has 1 aromatic carbocycles. The Labute approximate surface area is 191 Å². The number of carbonyl (C=O) groups excluding carboxylic acids is 2. The maximum atomic E-state index is 13.0. The summed E-state index contributed by atoms with van der Waals surface area (Å²) in [5, 5.41) is 0. The molecule has 4 rings (SSSR count). The van der Waals surface area contributed by atoms with Gasteiger partial charge in [-0.05, 0) is 54.9 Å². The van der Waals surface area contributed by atoms with Crippen LogP contribution in [0.3, 0.4) is 0 Å². The average molecular weight is 445 g/mol. The summed E-state index contributed by atoms with van der Waals surface area (Å²) in [6.45, 7) is 4.24. The predicted octanol–water partition coefficient (Wildman–Crippen LogP) is 3.12. The number of nitrogens with zero attached hydrogens (tertiary/aromatic N) is 2. The monoisotopic (exact) mass is 444 g/mol. The minimum atomic E-state index is 0.0350. The first-order valence-corrected chi connectivity index (χ1v) is 12.0. The zero-order chi connectivity index (χ0) is 22.4. The molecule has 0 N–H and O–H groups in total. The van der Waals surface area contributed by atoms with Gasteiger partial charge in [-0.2, -0.15) is 0 Å². The summed E-state index contributed by atoms with van der Waals surface area (Å²) in [6, 6.07) is 7.29. The Morgan fingerprint density at radius 3 is 2.38 bits per heavy atom. The first-order valence-electron chi connectivity index (χ1n) is 12.0. The number of benzene rings is 1. The predicted molar refractivity (Wildman–Crippen MR) is 121 cm³/mol. The van der Waals surface area contributed by atoms with E-state index < -0.39 is 0 Å². The van der Waals surface area contributed by atoms with E-state index in [1.807, 2.05) is 34.1 Å². The normalized spacial score (nSPS) is 22.7. The van der Waals surface area contributed by atoms with Gasteiger partial charge in [0.05, 0.1) is 20.3 Å². The average Bonchev–Trinajstić information content (AvgIpc) is 3.19. The first kappa shape index (κ1) is 22.9. The molecule has 1 unspecified atom stereocenters. The zero-order valence-corrected chi connectivity index (χ0v) is 19.2. The van der Waals surface area contributed by atoms with Crippen LogP contribution in [-0.2, 0) is 14.3 Å². The Morgan fingerprint density at radius 1 is 1.00 bits per heavy atom. The maximum Gasteiger partial charge on any atom is 0.260 e. The summed E-state index contributed by atoms with van der Waals surface area (Å²) < 4.78 is 16.3. The number of carbonyl (C=O) groups is 2. The smallest absolute Gasteiger partial charge is 0.260 e. The summed E-state index contributed by atoms with van der Waals surface area (Å²) in [5.41, 5.74) is 0.166.